The van der Waals surface area contributed by atoms with Gasteiger partial charge in [0.2, 0.25) is 0 Å². The van der Waals surface area contributed by atoms with Gasteiger partial charge in [0.1, 0.15) is 12.4 Å². The average Bonchev–Trinajstić information content (AvgIpc) is 2.41. The molecule has 132 valence electrons. The second-order valence-electron chi connectivity index (χ2n) is 4.59. The van der Waals surface area contributed by atoms with Gasteiger partial charge >= 0.3 is 18.3 Å². The summed E-state index contributed by atoms with van der Waals surface area (Å²) in [5, 5.41) is 0. The molecule has 0 fully saturated rings. The van der Waals surface area contributed by atoms with E-state index in [0.717, 1.165) is 12.1 Å². The first-order valence-electron chi connectivity index (χ1n) is 6.12. The molecular weight excluding hydrogens is 340 g/mol. The minimum absolute atomic E-state index is 0.251. The Balaban J connectivity index is 3.01. The van der Waals surface area contributed by atoms with E-state index in [4.69, 9.17) is 4.74 Å². The fraction of sp³-hybridized carbons (Fsp3) is 0.538. The Labute approximate surface area is 126 Å². The van der Waals surface area contributed by atoms with Gasteiger partial charge in [-0.15, -0.1) is 0 Å². The Bertz CT molecular complexity index is 492. The van der Waals surface area contributed by atoms with Crippen molar-refractivity contribution >= 4 is 0 Å². The average molecular weight is 352 g/mol. The van der Waals surface area contributed by atoms with Crippen LogP contribution in [0.1, 0.15) is 18.1 Å². The summed E-state index contributed by atoms with van der Waals surface area (Å²) in [5.41, 5.74) is -0.251. The van der Waals surface area contributed by atoms with Crippen molar-refractivity contribution in [2.45, 2.75) is 30.8 Å². The first-order chi connectivity index (χ1) is 10.4. The van der Waals surface area contributed by atoms with Crippen LogP contribution in [0.5, 0.6) is 5.75 Å². The van der Waals surface area contributed by atoms with Gasteiger partial charge in [-0.2, -0.15) is 35.1 Å². The highest BCUT2D eigenvalue weighted by atomic mass is 19.4. The van der Waals surface area contributed by atoms with Crippen LogP contribution in [0, 0.1) is 0 Å². The van der Waals surface area contributed by atoms with E-state index in [1.165, 1.54) is 19.2 Å². The van der Waals surface area contributed by atoms with Crippen molar-refractivity contribution in [3.05, 3.63) is 29.8 Å². The molecular formula is C13H12F8O2. The molecule has 0 spiro atoms. The molecule has 0 radical (unpaired) electrons. The summed E-state index contributed by atoms with van der Waals surface area (Å²) in [5.74, 6) is -4.94. The van der Waals surface area contributed by atoms with Crippen LogP contribution >= 0.6 is 0 Å². The topological polar surface area (TPSA) is 18.5 Å². The predicted octanol–water partition coefficient (Wildman–Crippen LogP) is 4.90. The summed E-state index contributed by atoms with van der Waals surface area (Å²) in [6, 6.07) is 4.55. The van der Waals surface area contributed by atoms with Crippen LogP contribution in [-0.2, 0) is 4.74 Å². The highest BCUT2D eigenvalue weighted by molar-refractivity contribution is 5.28. The monoisotopic (exact) mass is 352 g/mol. The predicted molar refractivity (Wildman–Crippen MR) is 63.4 cm³/mol. The molecule has 1 rings (SSSR count). The minimum Gasteiger partial charge on any atom is -0.497 e. The number of methoxy groups -OCH3 is 1. The molecule has 0 N–H and O–H groups in total. The van der Waals surface area contributed by atoms with Crippen molar-refractivity contribution in [3.63, 3.8) is 0 Å². The quantitative estimate of drug-likeness (QED) is 0.678. The maximum atomic E-state index is 13.1. The SMILES string of the molecule is COc1ccc(C(CC(F)(F)C(F)(F)F)OCC(F)(F)F)cc1. The molecule has 1 aromatic carbocycles. The van der Waals surface area contributed by atoms with Crippen molar-refractivity contribution in [1.82, 2.24) is 0 Å². The smallest absolute Gasteiger partial charge is 0.453 e. The van der Waals surface area contributed by atoms with Crippen molar-refractivity contribution in [1.29, 1.82) is 0 Å². The Morgan fingerprint density at radius 1 is 0.913 bits per heavy atom. The van der Waals surface area contributed by atoms with Crippen LogP contribution in [0.3, 0.4) is 0 Å². The van der Waals surface area contributed by atoms with Crippen LogP contribution in [-0.4, -0.2) is 32.0 Å². The van der Waals surface area contributed by atoms with Crippen LogP contribution in [0.2, 0.25) is 0 Å². The number of rotatable bonds is 6. The van der Waals surface area contributed by atoms with E-state index in [0.29, 0.717) is 0 Å². The van der Waals surface area contributed by atoms with E-state index in [1.807, 2.05) is 0 Å². The van der Waals surface area contributed by atoms with E-state index in [1.54, 1.807) is 0 Å². The van der Waals surface area contributed by atoms with Gasteiger partial charge in [-0.1, -0.05) is 12.1 Å². The lowest BCUT2D eigenvalue weighted by molar-refractivity contribution is -0.294. The number of hydrogen-bond acceptors (Lipinski definition) is 2. The molecule has 10 heteroatoms. The summed E-state index contributed by atoms with van der Waals surface area (Å²) in [7, 11) is 1.28. The standard InChI is InChI=1S/C13H12F8O2/c1-22-9-4-2-8(3-5-9)10(23-7-12(16,17)18)6-11(14,15)13(19,20)21/h2-5,10H,6-7H2,1H3. The van der Waals surface area contributed by atoms with Crippen LogP contribution in [0.4, 0.5) is 35.1 Å². The van der Waals surface area contributed by atoms with Gasteiger partial charge in [0, 0.05) is 0 Å². The number of alkyl halides is 8. The molecule has 1 atom stereocenters. The van der Waals surface area contributed by atoms with Gasteiger partial charge in [0.25, 0.3) is 0 Å². The Kier molecular flexibility index (Phi) is 5.84. The normalized spacial score (nSPS) is 14.7. The van der Waals surface area contributed by atoms with Gasteiger partial charge in [0.15, 0.2) is 0 Å². The van der Waals surface area contributed by atoms with Crippen LogP contribution in [0.25, 0.3) is 0 Å². The van der Waals surface area contributed by atoms with E-state index in [9.17, 15) is 35.1 Å². The lowest BCUT2D eigenvalue weighted by Gasteiger charge is -2.26. The largest absolute Gasteiger partial charge is 0.497 e. The maximum Gasteiger partial charge on any atom is 0.453 e. The van der Waals surface area contributed by atoms with Gasteiger partial charge in [0.05, 0.1) is 19.6 Å². The zero-order valence-electron chi connectivity index (χ0n) is 11.6. The molecule has 23 heavy (non-hydrogen) atoms. The molecule has 0 bridgehead atoms. The highest BCUT2D eigenvalue weighted by Gasteiger charge is 2.58. The molecule has 0 saturated carbocycles. The second-order valence-corrected chi connectivity index (χ2v) is 4.59. The molecule has 0 aromatic heterocycles. The fourth-order valence-electron chi connectivity index (χ4n) is 1.64. The third-order valence-electron chi connectivity index (χ3n) is 2.79. The summed E-state index contributed by atoms with van der Waals surface area (Å²) >= 11 is 0. The molecule has 0 saturated heterocycles. The van der Waals surface area contributed by atoms with E-state index < -0.39 is 37.4 Å². The van der Waals surface area contributed by atoms with Crippen molar-refractivity contribution in [3.8, 4) is 5.75 Å². The van der Waals surface area contributed by atoms with Gasteiger partial charge in [-0.3, -0.25) is 0 Å². The Morgan fingerprint density at radius 2 is 1.43 bits per heavy atom. The molecule has 0 aliphatic rings. The lowest BCUT2D eigenvalue weighted by atomic mass is 10.0. The zero-order valence-corrected chi connectivity index (χ0v) is 11.6. The van der Waals surface area contributed by atoms with Crippen molar-refractivity contribution in [2.24, 2.45) is 0 Å². The van der Waals surface area contributed by atoms with Gasteiger partial charge in [-0.25, -0.2) is 0 Å². The number of ether oxygens (including phenoxy) is 2. The lowest BCUT2D eigenvalue weighted by Crippen LogP contribution is -2.38. The molecule has 0 aliphatic carbocycles. The number of hydrogen-bond donors (Lipinski definition) is 0. The number of benzene rings is 1. The molecule has 1 unspecified atom stereocenters. The zero-order chi connectivity index (χ0) is 17.9. The summed E-state index contributed by atoms with van der Waals surface area (Å²) in [4.78, 5) is 0. The minimum atomic E-state index is -5.89. The van der Waals surface area contributed by atoms with Crippen LogP contribution in [0.15, 0.2) is 24.3 Å². The number of halogens is 8. The Morgan fingerprint density at radius 3 is 1.83 bits per heavy atom. The second kappa shape index (κ2) is 6.90. The molecule has 0 heterocycles. The maximum absolute atomic E-state index is 13.1. The van der Waals surface area contributed by atoms with Crippen molar-refractivity contribution in [2.75, 3.05) is 13.7 Å². The van der Waals surface area contributed by atoms with Crippen molar-refractivity contribution < 1.29 is 44.6 Å². The third-order valence-corrected chi connectivity index (χ3v) is 2.79. The summed E-state index contributed by atoms with van der Waals surface area (Å²) in [6.07, 6.45) is -14.8. The van der Waals surface area contributed by atoms with Gasteiger partial charge in [-0.05, 0) is 17.7 Å². The van der Waals surface area contributed by atoms with Gasteiger partial charge < -0.3 is 9.47 Å². The molecule has 0 amide bonds. The highest BCUT2D eigenvalue weighted by Crippen LogP contribution is 2.43. The van der Waals surface area contributed by atoms with E-state index >= 15 is 0 Å². The Hall–Kier alpha value is -1.58. The molecule has 2 nitrogen and oxygen atoms in total. The van der Waals surface area contributed by atoms with E-state index in [-0.39, 0.29) is 11.3 Å². The first kappa shape index (κ1) is 19.5. The molecule has 1 aromatic rings. The van der Waals surface area contributed by atoms with Crippen LogP contribution < -0.4 is 4.74 Å². The first-order valence-corrected chi connectivity index (χ1v) is 6.12. The summed E-state index contributed by atoms with van der Waals surface area (Å²) < 4.78 is 109. The molecule has 0 aliphatic heterocycles. The fourth-order valence-corrected chi connectivity index (χ4v) is 1.64. The summed E-state index contributed by atoms with van der Waals surface area (Å²) in [6.45, 7) is -1.95. The third kappa shape index (κ3) is 5.85. The van der Waals surface area contributed by atoms with E-state index in [2.05, 4.69) is 4.74 Å².